The van der Waals surface area contributed by atoms with Crippen molar-refractivity contribution >= 4 is 28.4 Å². The molecule has 4 aromatic rings. The molecule has 0 saturated carbocycles. The van der Waals surface area contributed by atoms with E-state index in [0.717, 1.165) is 10.9 Å². The predicted molar refractivity (Wildman–Crippen MR) is 124 cm³/mol. The summed E-state index contributed by atoms with van der Waals surface area (Å²) in [5.41, 5.74) is 2.07. The van der Waals surface area contributed by atoms with Gasteiger partial charge in [0.05, 0.1) is 23.4 Å². The lowest BCUT2D eigenvalue weighted by atomic mass is 10.0. The highest BCUT2D eigenvalue weighted by Crippen LogP contribution is 2.30. The Labute approximate surface area is 199 Å². The third kappa shape index (κ3) is 5.17. The van der Waals surface area contributed by atoms with Gasteiger partial charge in [-0.25, -0.2) is 9.07 Å². The summed E-state index contributed by atoms with van der Waals surface area (Å²) >= 11 is 6.13. The maximum absolute atomic E-state index is 13.5. The maximum Gasteiger partial charge on any atom is 0.321 e. The number of halogens is 4. The zero-order valence-corrected chi connectivity index (χ0v) is 19.1. The molecule has 0 spiro atoms. The highest BCUT2D eigenvalue weighted by Gasteiger charge is 2.35. The molecule has 5 nitrogen and oxygen atoms in total. The lowest BCUT2D eigenvalue weighted by Gasteiger charge is -2.27. The van der Waals surface area contributed by atoms with Crippen molar-refractivity contribution in [1.82, 2.24) is 15.1 Å². The SMILES string of the molecule is CC(NC(=O)C(C)(F)F)C(Oc1ccc2c(cnn2-c2ccc(F)cc2)c1)c1cccc(Cl)c1. The Morgan fingerprint density at radius 1 is 1.12 bits per heavy atom. The van der Waals surface area contributed by atoms with Gasteiger partial charge in [-0.1, -0.05) is 23.7 Å². The molecule has 3 aromatic carbocycles. The Morgan fingerprint density at radius 2 is 1.85 bits per heavy atom. The normalized spacial score (nSPS) is 13.5. The van der Waals surface area contributed by atoms with Crippen LogP contribution in [0.25, 0.3) is 16.6 Å². The fourth-order valence-corrected chi connectivity index (χ4v) is 3.77. The van der Waals surface area contributed by atoms with E-state index in [0.29, 0.717) is 28.9 Å². The Kier molecular flexibility index (Phi) is 6.52. The number of fused-ring (bicyclic) bond motifs is 1. The topological polar surface area (TPSA) is 56.1 Å². The number of benzene rings is 3. The van der Waals surface area contributed by atoms with Gasteiger partial charge < -0.3 is 10.1 Å². The van der Waals surface area contributed by atoms with Crippen molar-refractivity contribution in [2.75, 3.05) is 0 Å². The van der Waals surface area contributed by atoms with Crippen LogP contribution in [0.3, 0.4) is 0 Å². The van der Waals surface area contributed by atoms with Crippen molar-refractivity contribution in [1.29, 1.82) is 0 Å². The second kappa shape index (κ2) is 9.38. The summed E-state index contributed by atoms with van der Waals surface area (Å²) < 4.78 is 48.0. The Morgan fingerprint density at radius 3 is 2.53 bits per heavy atom. The highest BCUT2D eigenvalue weighted by molar-refractivity contribution is 6.30. The molecule has 9 heteroatoms. The molecule has 0 radical (unpaired) electrons. The van der Waals surface area contributed by atoms with Crippen molar-refractivity contribution in [3.05, 3.63) is 89.3 Å². The van der Waals surface area contributed by atoms with Gasteiger partial charge in [0, 0.05) is 17.3 Å². The largest absolute Gasteiger partial charge is 0.484 e. The monoisotopic (exact) mass is 487 g/mol. The smallest absolute Gasteiger partial charge is 0.321 e. The van der Waals surface area contributed by atoms with Crippen LogP contribution in [0.1, 0.15) is 25.5 Å². The standard InChI is InChI=1S/C25H21ClF3N3O2/c1-15(31-24(33)25(2,28)29)23(16-4-3-5-18(26)12-16)34-21-10-11-22-17(13-21)14-30-32(22)20-8-6-19(27)7-9-20/h3-15,23H,1-2H3,(H,31,33). The van der Waals surface area contributed by atoms with Gasteiger partial charge in [0.1, 0.15) is 17.7 Å². The van der Waals surface area contributed by atoms with E-state index in [1.165, 1.54) is 12.1 Å². The van der Waals surface area contributed by atoms with Crippen molar-refractivity contribution in [2.24, 2.45) is 0 Å². The van der Waals surface area contributed by atoms with Crippen LogP contribution < -0.4 is 10.1 Å². The molecule has 2 atom stereocenters. The highest BCUT2D eigenvalue weighted by atomic mass is 35.5. The van der Waals surface area contributed by atoms with Crippen LogP contribution in [0.2, 0.25) is 5.02 Å². The zero-order valence-electron chi connectivity index (χ0n) is 18.3. The molecular formula is C25H21ClF3N3O2. The number of rotatable bonds is 7. The molecular weight excluding hydrogens is 467 g/mol. The predicted octanol–water partition coefficient (Wildman–Crippen LogP) is 6.10. The van der Waals surface area contributed by atoms with Crippen LogP contribution in [0.4, 0.5) is 13.2 Å². The lowest BCUT2D eigenvalue weighted by Crippen LogP contribution is -2.46. The first-order chi connectivity index (χ1) is 16.1. The fourth-order valence-electron chi connectivity index (χ4n) is 3.57. The van der Waals surface area contributed by atoms with Crippen molar-refractivity contribution in [2.45, 2.75) is 31.9 Å². The van der Waals surface area contributed by atoms with Gasteiger partial charge in [0.2, 0.25) is 0 Å². The van der Waals surface area contributed by atoms with Crippen LogP contribution >= 0.6 is 11.6 Å². The van der Waals surface area contributed by atoms with Gasteiger partial charge in [-0.2, -0.15) is 13.9 Å². The summed E-state index contributed by atoms with van der Waals surface area (Å²) in [4.78, 5) is 11.9. The first kappa shape index (κ1) is 23.6. The van der Waals surface area contributed by atoms with Gasteiger partial charge >= 0.3 is 5.92 Å². The average Bonchev–Trinajstić information content (AvgIpc) is 3.20. The minimum absolute atomic E-state index is 0.343. The molecule has 1 N–H and O–H groups in total. The first-order valence-electron chi connectivity index (χ1n) is 10.5. The van der Waals surface area contributed by atoms with E-state index in [1.807, 2.05) is 0 Å². The van der Waals surface area contributed by atoms with Gasteiger partial charge in [0.25, 0.3) is 5.91 Å². The van der Waals surface area contributed by atoms with E-state index < -0.39 is 24.0 Å². The quantitative estimate of drug-likeness (QED) is 0.343. The van der Waals surface area contributed by atoms with E-state index in [1.54, 1.807) is 72.4 Å². The van der Waals surface area contributed by atoms with Crippen LogP contribution in [-0.4, -0.2) is 27.7 Å². The number of amides is 1. The molecule has 0 aliphatic heterocycles. The van der Waals surface area contributed by atoms with Crippen molar-refractivity contribution in [3.8, 4) is 11.4 Å². The Hall–Kier alpha value is -3.52. The lowest BCUT2D eigenvalue weighted by molar-refractivity contribution is -0.144. The molecule has 4 rings (SSSR count). The zero-order chi connectivity index (χ0) is 24.5. The van der Waals surface area contributed by atoms with Crippen molar-refractivity contribution < 1.29 is 22.7 Å². The summed E-state index contributed by atoms with van der Waals surface area (Å²) in [5.74, 6) is -4.82. The third-order valence-corrected chi connectivity index (χ3v) is 5.50. The van der Waals surface area contributed by atoms with Gasteiger partial charge in [-0.05, 0) is 67.1 Å². The van der Waals surface area contributed by atoms with Crippen molar-refractivity contribution in [3.63, 3.8) is 0 Å². The fraction of sp³-hybridized carbons (Fsp3) is 0.200. The molecule has 34 heavy (non-hydrogen) atoms. The number of carbonyl (C=O) groups is 1. The number of ether oxygens (including phenoxy) is 1. The van der Waals surface area contributed by atoms with E-state index >= 15 is 0 Å². The molecule has 0 fully saturated rings. The second-order valence-electron chi connectivity index (χ2n) is 8.00. The Bertz CT molecular complexity index is 1320. The Balaban J connectivity index is 1.64. The summed E-state index contributed by atoms with van der Waals surface area (Å²) in [7, 11) is 0. The average molecular weight is 488 g/mol. The van der Waals surface area contributed by atoms with E-state index in [2.05, 4.69) is 10.4 Å². The maximum atomic E-state index is 13.5. The van der Waals surface area contributed by atoms with Crippen LogP contribution in [0.5, 0.6) is 5.75 Å². The van der Waals surface area contributed by atoms with Gasteiger partial charge in [-0.3, -0.25) is 4.79 Å². The molecule has 1 heterocycles. The van der Waals surface area contributed by atoms with Crippen LogP contribution in [0.15, 0.2) is 72.9 Å². The minimum Gasteiger partial charge on any atom is -0.484 e. The van der Waals surface area contributed by atoms with E-state index in [9.17, 15) is 18.0 Å². The van der Waals surface area contributed by atoms with Crippen LogP contribution in [0, 0.1) is 5.82 Å². The number of carbonyl (C=O) groups excluding carboxylic acids is 1. The summed E-state index contributed by atoms with van der Waals surface area (Å²) in [5, 5.41) is 7.89. The van der Waals surface area contributed by atoms with Gasteiger partial charge in [-0.15, -0.1) is 0 Å². The number of aromatic nitrogens is 2. The van der Waals surface area contributed by atoms with E-state index in [4.69, 9.17) is 16.3 Å². The third-order valence-electron chi connectivity index (χ3n) is 5.26. The number of nitrogens with zero attached hydrogens (tertiary/aromatic N) is 2. The number of hydrogen-bond donors (Lipinski definition) is 1. The molecule has 0 saturated heterocycles. The molecule has 176 valence electrons. The molecule has 0 aliphatic rings. The summed E-state index contributed by atoms with van der Waals surface area (Å²) in [6.45, 7) is 2.12. The van der Waals surface area contributed by atoms with Gasteiger partial charge in [0.15, 0.2) is 0 Å². The molecule has 0 aliphatic carbocycles. The molecule has 0 bridgehead atoms. The number of nitrogens with one attached hydrogen (secondary N) is 1. The van der Waals surface area contributed by atoms with E-state index in [-0.39, 0.29) is 5.82 Å². The first-order valence-corrected chi connectivity index (χ1v) is 10.8. The number of alkyl halides is 2. The molecule has 2 unspecified atom stereocenters. The van der Waals surface area contributed by atoms with Crippen LogP contribution in [-0.2, 0) is 4.79 Å². The summed E-state index contributed by atoms with van der Waals surface area (Å²) in [6.07, 6.45) is 0.845. The summed E-state index contributed by atoms with van der Waals surface area (Å²) in [6, 6.07) is 17.2. The molecule has 1 amide bonds. The minimum atomic E-state index is -3.53. The molecule has 1 aromatic heterocycles. The second-order valence-corrected chi connectivity index (χ2v) is 8.43. The number of hydrogen-bond acceptors (Lipinski definition) is 3.